The van der Waals surface area contributed by atoms with Gasteiger partial charge in [-0.2, -0.15) is 0 Å². The quantitative estimate of drug-likeness (QED) is 0.814. The first-order valence-electron chi connectivity index (χ1n) is 8.35. The monoisotopic (exact) mass is 330 g/mol. The van der Waals surface area contributed by atoms with Gasteiger partial charge in [-0.05, 0) is 6.42 Å². The van der Waals surface area contributed by atoms with Gasteiger partial charge in [-0.3, -0.25) is 9.88 Å². The molecule has 1 aliphatic heterocycles. The van der Waals surface area contributed by atoms with E-state index in [-0.39, 0.29) is 0 Å². The lowest BCUT2D eigenvalue weighted by molar-refractivity contribution is 0.121. The molecule has 7 heteroatoms. The summed E-state index contributed by atoms with van der Waals surface area (Å²) in [5, 5.41) is 0. The minimum atomic E-state index is 0.431. The lowest BCUT2D eigenvalue weighted by Crippen LogP contribution is -2.31. The van der Waals surface area contributed by atoms with Gasteiger partial charge in [0.05, 0.1) is 43.3 Å². The Balaban J connectivity index is 1.61. The second-order valence-corrected chi connectivity index (χ2v) is 6.64. The van der Waals surface area contributed by atoms with Crippen LogP contribution in [-0.2, 0) is 24.8 Å². The molecule has 0 amide bonds. The fraction of sp³-hybridized carbons (Fsp3) is 0.588. The van der Waals surface area contributed by atoms with Crippen LogP contribution in [0, 0.1) is 5.92 Å². The summed E-state index contributed by atoms with van der Waals surface area (Å²) >= 11 is 0. The SMILES string of the molecule is CN(C)c1cnc(C[C@@H]2COCCN(Cc3cncn3C)C2)cn1. The van der Waals surface area contributed by atoms with Crippen molar-refractivity contribution < 1.29 is 4.74 Å². The average Bonchev–Trinajstić information content (AvgIpc) is 2.83. The van der Waals surface area contributed by atoms with Crippen LogP contribution in [0.2, 0.25) is 0 Å². The van der Waals surface area contributed by atoms with E-state index in [1.807, 2.05) is 51.0 Å². The van der Waals surface area contributed by atoms with Crippen LogP contribution in [0.15, 0.2) is 24.9 Å². The molecule has 1 fully saturated rings. The Hall–Kier alpha value is -1.99. The van der Waals surface area contributed by atoms with Crippen LogP contribution in [0.5, 0.6) is 0 Å². The van der Waals surface area contributed by atoms with Gasteiger partial charge >= 0.3 is 0 Å². The predicted octanol–water partition coefficient (Wildman–Crippen LogP) is 0.967. The molecule has 0 aromatic carbocycles. The number of hydrogen-bond acceptors (Lipinski definition) is 6. The number of aromatic nitrogens is 4. The second-order valence-electron chi connectivity index (χ2n) is 6.64. The van der Waals surface area contributed by atoms with Gasteiger partial charge in [0.2, 0.25) is 0 Å². The normalized spacial score (nSPS) is 19.2. The molecule has 130 valence electrons. The smallest absolute Gasteiger partial charge is 0.146 e. The highest BCUT2D eigenvalue weighted by Gasteiger charge is 2.20. The van der Waals surface area contributed by atoms with Crippen molar-refractivity contribution in [1.82, 2.24) is 24.4 Å². The Kier molecular flexibility index (Phi) is 5.42. The third kappa shape index (κ3) is 4.30. The number of nitrogens with zero attached hydrogens (tertiary/aromatic N) is 6. The summed E-state index contributed by atoms with van der Waals surface area (Å²) in [5.41, 5.74) is 2.25. The van der Waals surface area contributed by atoms with E-state index in [2.05, 4.69) is 24.4 Å². The topological polar surface area (TPSA) is 59.3 Å². The lowest BCUT2D eigenvalue weighted by atomic mass is 10.0. The van der Waals surface area contributed by atoms with Gasteiger partial charge in [-0.15, -0.1) is 0 Å². The summed E-state index contributed by atoms with van der Waals surface area (Å²) < 4.78 is 7.88. The molecule has 1 atom stereocenters. The Bertz CT molecular complexity index is 639. The predicted molar refractivity (Wildman–Crippen MR) is 92.9 cm³/mol. The molecule has 2 aromatic rings. The molecule has 7 nitrogen and oxygen atoms in total. The fourth-order valence-electron chi connectivity index (χ4n) is 2.97. The van der Waals surface area contributed by atoms with Gasteiger partial charge in [0, 0.05) is 52.9 Å². The van der Waals surface area contributed by atoms with E-state index in [4.69, 9.17) is 4.74 Å². The Morgan fingerprint density at radius 3 is 2.79 bits per heavy atom. The van der Waals surface area contributed by atoms with Gasteiger partial charge in [0.15, 0.2) is 0 Å². The van der Waals surface area contributed by atoms with Crippen molar-refractivity contribution in [3.8, 4) is 0 Å². The van der Waals surface area contributed by atoms with Crippen molar-refractivity contribution >= 4 is 5.82 Å². The molecule has 0 unspecified atom stereocenters. The van der Waals surface area contributed by atoms with Gasteiger partial charge in [0.1, 0.15) is 5.82 Å². The van der Waals surface area contributed by atoms with Crippen molar-refractivity contribution in [3.63, 3.8) is 0 Å². The highest BCUT2D eigenvalue weighted by atomic mass is 16.5. The molecule has 0 saturated carbocycles. The van der Waals surface area contributed by atoms with Gasteiger partial charge in [-0.25, -0.2) is 9.97 Å². The highest BCUT2D eigenvalue weighted by Crippen LogP contribution is 2.15. The zero-order valence-corrected chi connectivity index (χ0v) is 14.7. The fourth-order valence-corrected chi connectivity index (χ4v) is 2.97. The zero-order valence-electron chi connectivity index (χ0n) is 14.7. The number of imidazole rings is 1. The molecule has 1 saturated heterocycles. The van der Waals surface area contributed by atoms with Crippen molar-refractivity contribution in [2.45, 2.75) is 13.0 Å². The molecule has 3 heterocycles. The van der Waals surface area contributed by atoms with E-state index in [1.165, 1.54) is 5.69 Å². The Morgan fingerprint density at radius 1 is 1.25 bits per heavy atom. The highest BCUT2D eigenvalue weighted by molar-refractivity contribution is 5.32. The number of aryl methyl sites for hydroxylation is 1. The van der Waals surface area contributed by atoms with Crippen LogP contribution in [0.4, 0.5) is 5.82 Å². The first kappa shape index (κ1) is 16.9. The van der Waals surface area contributed by atoms with E-state index in [9.17, 15) is 0 Å². The summed E-state index contributed by atoms with van der Waals surface area (Å²) in [4.78, 5) is 17.6. The summed E-state index contributed by atoms with van der Waals surface area (Å²) in [6, 6.07) is 0. The molecular formula is C17H26N6O. The molecule has 0 bridgehead atoms. The maximum atomic E-state index is 5.80. The largest absolute Gasteiger partial charge is 0.380 e. The van der Waals surface area contributed by atoms with Gasteiger partial charge < -0.3 is 14.2 Å². The third-order valence-corrected chi connectivity index (χ3v) is 4.37. The van der Waals surface area contributed by atoms with Crippen molar-refractivity contribution in [1.29, 1.82) is 0 Å². The Morgan fingerprint density at radius 2 is 2.12 bits per heavy atom. The number of rotatable bonds is 5. The van der Waals surface area contributed by atoms with Crippen LogP contribution in [-0.4, -0.2) is 64.8 Å². The van der Waals surface area contributed by atoms with Crippen molar-refractivity contribution in [2.75, 3.05) is 45.3 Å². The van der Waals surface area contributed by atoms with E-state index >= 15 is 0 Å². The number of anilines is 1. The molecule has 0 aliphatic carbocycles. The minimum absolute atomic E-state index is 0.431. The van der Waals surface area contributed by atoms with Gasteiger partial charge in [0.25, 0.3) is 0 Å². The maximum absolute atomic E-state index is 5.80. The number of hydrogen-bond donors (Lipinski definition) is 0. The summed E-state index contributed by atoms with van der Waals surface area (Å²) in [7, 11) is 5.98. The van der Waals surface area contributed by atoms with Crippen LogP contribution >= 0.6 is 0 Å². The number of ether oxygens (including phenoxy) is 1. The molecule has 2 aromatic heterocycles. The summed E-state index contributed by atoms with van der Waals surface area (Å²) in [5.74, 6) is 1.31. The molecule has 3 rings (SSSR count). The average molecular weight is 330 g/mol. The van der Waals surface area contributed by atoms with Crippen LogP contribution in [0.25, 0.3) is 0 Å². The molecule has 0 radical (unpaired) electrons. The first-order valence-corrected chi connectivity index (χ1v) is 8.35. The van der Waals surface area contributed by atoms with E-state index in [0.29, 0.717) is 5.92 Å². The van der Waals surface area contributed by atoms with Crippen LogP contribution in [0.3, 0.4) is 0 Å². The molecular weight excluding hydrogens is 304 g/mol. The standard InChI is InChI=1S/C17H26N6O/c1-21(2)17-9-19-15(7-20-17)6-14-10-23(4-5-24-12-14)11-16-8-18-13-22(16)3/h7-9,13-14H,4-6,10-12H2,1-3H3/t14-/m0/s1. The molecule has 1 aliphatic rings. The van der Waals surface area contributed by atoms with E-state index < -0.39 is 0 Å². The van der Waals surface area contributed by atoms with Gasteiger partial charge in [-0.1, -0.05) is 0 Å². The summed E-state index contributed by atoms with van der Waals surface area (Å²) in [6.07, 6.45) is 8.39. The maximum Gasteiger partial charge on any atom is 0.146 e. The van der Waals surface area contributed by atoms with Crippen LogP contribution < -0.4 is 4.90 Å². The molecule has 24 heavy (non-hydrogen) atoms. The van der Waals surface area contributed by atoms with Crippen molar-refractivity contribution in [3.05, 3.63) is 36.3 Å². The van der Waals surface area contributed by atoms with E-state index in [0.717, 1.165) is 50.8 Å². The summed E-state index contributed by atoms with van der Waals surface area (Å²) in [6.45, 7) is 4.41. The van der Waals surface area contributed by atoms with E-state index in [1.54, 1.807) is 0 Å². The Labute approximate surface area is 143 Å². The minimum Gasteiger partial charge on any atom is -0.380 e. The molecule has 0 N–H and O–H groups in total. The zero-order chi connectivity index (χ0) is 16.9. The van der Waals surface area contributed by atoms with Crippen LogP contribution in [0.1, 0.15) is 11.4 Å². The second kappa shape index (κ2) is 7.72. The lowest BCUT2D eigenvalue weighted by Gasteiger charge is -2.23. The molecule has 0 spiro atoms. The van der Waals surface area contributed by atoms with Crippen molar-refractivity contribution in [2.24, 2.45) is 13.0 Å². The third-order valence-electron chi connectivity index (χ3n) is 4.37. The first-order chi connectivity index (χ1) is 11.6.